The highest BCUT2D eigenvalue weighted by Crippen LogP contribution is 2.37. The SMILES string of the molecule is CC(C)(C)OC(=O)NC1(CC(F)(F)CN)CCCCC1. The van der Waals surface area contributed by atoms with E-state index in [1.54, 1.807) is 20.8 Å². The molecule has 20 heavy (non-hydrogen) atoms. The molecule has 4 nitrogen and oxygen atoms in total. The minimum atomic E-state index is -2.97. The van der Waals surface area contributed by atoms with E-state index in [-0.39, 0.29) is 0 Å². The summed E-state index contributed by atoms with van der Waals surface area (Å²) in [6, 6.07) is 0. The molecule has 0 unspecified atom stereocenters. The Labute approximate surface area is 119 Å². The summed E-state index contributed by atoms with van der Waals surface area (Å²) in [6.07, 6.45) is 2.70. The molecule has 0 aliphatic heterocycles. The maximum absolute atomic E-state index is 13.7. The van der Waals surface area contributed by atoms with Crippen LogP contribution in [0.2, 0.25) is 0 Å². The third kappa shape index (κ3) is 5.61. The average Bonchev–Trinajstić information content (AvgIpc) is 2.26. The van der Waals surface area contributed by atoms with Crippen LogP contribution in [0.4, 0.5) is 13.6 Å². The Morgan fingerprint density at radius 3 is 2.25 bits per heavy atom. The molecule has 0 aromatic rings. The van der Waals surface area contributed by atoms with Gasteiger partial charge in [-0.3, -0.25) is 0 Å². The highest BCUT2D eigenvalue weighted by atomic mass is 19.3. The van der Waals surface area contributed by atoms with Gasteiger partial charge in [0.05, 0.1) is 6.54 Å². The Morgan fingerprint density at radius 2 is 1.80 bits per heavy atom. The molecule has 118 valence electrons. The number of alkyl carbamates (subject to hydrolysis) is 1. The molecule has 1 saturated carbocycles. The van der Waals surface area contributed by atoms with Crippen molar-refractivity contribution in [2.45, 2.75) is 76.4 Å². The summed E-state index contributed by atoms with van der Waals surface area (Å²) in [5, 5.41) is 2.68. The number of carbonyl (C=O) groups excluding carboxylic acids is 1. The van der Waals surface area contributed by atoms with Crippen molar-refractivity contribution in [3.63, 3.8) is 0 Å². The number of carbonyl (C=O) groups is 1. The molecule has 0 aromatic heterocycles. The van der Waals surface area contributed by atoms with Gasteiger partial charge in [-0.25, -0.2) is 13.6 Å². The molecule has 1 aliphatic carbocycles. The van der Waals surface area contributed by atoms with E-state index in [0.29, 0.717) is 12.8 Å². The van der Waals surface area contributed by atoms with Crippen LogP contribution in [0.5, 0.6) is 0 Å². The maximum Gasteiger partial charge on any atom is 0.408 e. The highest BCUT2D eigenvalue weighted by molar-refractivity contribution is 5.68. The van der Waals surface area contributed by atoms with Gasteiger partial charge in [0, 0.05) is 12.0 Å². The summed E-state index contributed by atoms with van der Waals surface area (Å²) in [6.45, 7) is 4.53. The van der Waals surface area contributed by atoms with Gasteiger partial charge in [0.15, 0.2) is 0 Å². The first-order valence-corrected chi connectivity index (χ1v) is 7.17. The van der Waals surface area contributed by atoms with E-state index in [2.05, 4.69) is 5.32 Å². The Balaban J connectivity index is 2.76. The fraction of sp³-hybridized carbons (Fsp3) is 0.929. The number of amides is 1. The highest BCUT2D eigenvalue weighted by Gasteiger charge is 2.43. The summed E-state index contributed by atoms with van der Waals surface area (Å²) in [5.41, 5.74) is 3.58. The summed E-state index contributed by atoms with van der Waals surface area (Å²) in [7, 11) is 0. The van der Waals surface area contributed by atoms with E-state index in [0.717, 1.165) is 19.3 Å². The number of rotatable bonds is 4. The van der Waals surface area contributed by atoms with Crippen molar-refractivity contribution in [3.05, 3.63) is 0 Å². The predicted octanol–water partition coefficient (Wildman–Crippen LogP) is 3.20. The molecular formula is C14H26F2N2O2. The summed E-state index contributed by atoms with van der Waals surface area (Å²) >= 11 is 0. The van der Waals surface area contributed by atoms with Gasteiger partial charge in [0.25, 0.3) is 5.92 Å². The van der Waals surface area contributed by atoms with Gasteiger partial charge >= 0.3 is 6.09 Å². The van der Waals surface area contributed by atoms with Crippen LogP contribution in [0, 0.1) is 0 Å². The fourth-order valence-electron chi connectivity index (χ4n) is 2.66. The third-order valence-corrected chi connectivity index (χ3v) is 3.47. The van der Waals surface area contributed by atoms with Crippen molar-refractivity contribution in [1.82, 2.24) is 5.32 Å². The number of nitrogens with one attached hydrogen (secondary N) is 1. The van der Waals surface area contributed by atoms with Crippen LogP contribution in [-0.2, 0) is 4.74 Å². The third-order valence-electron chi connectivity index (χ3n) is 3.47. The largest absolute Gasteiger partial charge is 0.444 e. The number of nitrogens with two attached hydrogens (primary N) is 1. The number of halogens is 2. The van der Waals surface area contributed by atoms with Crippen molar-refractivity contribution in [1.29, 1.82) is 0 Å². The number of hydrogen-bond donors (Lipinski definition) is 2. The van der Waals surface area contributed by atoms with Crippen LogP contribution >= 0.6 is 0 Å². The molecule has 0 radical (unpaired) electrons. The molecule has 0 heterocycles. The Kier molecular flexibility index (Phi) is 5.35. The molecule has 0 saturated heterocycles. The quantitative estimate of drug-likeness (QED) is 0.836. The van der Waals surface area contributed by atoms with E-state index < -0.39 is 36.1 Å². The van der Waals surface area contributed by atoms with Gasteiger partial charge < -0.3 is 15.8 Å². The fourth-order valence-corrected chi connectivity index (χ4v) is 2.66. The van der Waals surface area contributed by atoms with Gasteiger partial charge in [-0.2, -0.15) is 0 Å². The molecule has 3 N–H and O–H groups in total. The standard InChI is InChI=1S/C14H26F2N2O2/c1-12(2,3)20-11(19)18-13(7-5-4-6-8-13)9-14(15,16)10-17/h4-10,17H2,1-3H3,(H,18,19). The summed E-state index contributed by atoms with van der Waals surface area (Å²) in [5.74, 6) is -2.97. The van der Waals surface area contributed by atoms with Crippen LogP contribution in [0.3, 0.4) is 0 Å². The van der Waals surface area contributed by atoms with Gasteiger partial charge in [-0.05, 0) is 33.6 Å². The monoisotopic (exact) mass is 292 g/mol. The van der Waals surface area contributed by atoms with Crippen molar-refractivity contribution >= 4 is 6.09 Å². The second kappa shape index (κ2) is 6.24. The zero-order valence-electron chi connectivity index (χ0n) is 12.6. The van der Waals surface area contributed by atoms with Crippen molar-refractivity contribution in [3.8, 4) is 0 Å². The smallest absolute Gasteiger partial charge is 0.408 e. The van der Waals surface area contributed by atoms with Gasteiger partial charge in [0.1, 0.15) is 5.60 Å². The summed E-state index contributed by atoms with van der Waals surface area (Å²) < 4.78 is 32.5. The Hall–Kier alpha value is -0.910. The van der Waals surface area contributed by atoms with Gasteiger partial charge in [0.2, 0.25) is 0 Å². The van der Waals surface area contributed by atoms with Crippen LogP contribution < -0.4 is 11.1 Å². The molecule has 1 rings (SSSR count). The maximum atomic E-state index is 13.7. The lowest BCUT2D eigenvalue weighted by molar-refractivity contribution is -0.0351. The molecule has 0 bridgehead atoms. The zero-order valence-corrected chi connectivity index (χ0v) is 12.6. The molecule has 1 fully saturated rings. The zero-order chi connectivity index (χ0) is 15.4. The Morgan fingerprint density at radius 1 is 1.25 bits per heavy atom. The van der Waals surface area contributed by atoms with E-state index in [1.165, 1.54) is 0 Å². The van der Waals surface area contributed by atoms with E-state index in [9.17, 15) is 13.6 Å². The predicted molar refractivity (Wildman–Crippen MR) is 73.8 cm³/mol. The Bertz CT molecular complexity index is 335. The number of ether oxygens (including phenoxy) is 1. The second-order valence-electron chi connectivity index (χ2n) is 6.70. The first kappa shape index (κ1) is 17.1. The topological polar surface area (TPSA) is 64.3 Å². The molecule has 0 spiro atoms. The first-order valence-electron chi connectivity index (χ1n) is 7.17. The average molecular weight is 292 g/mol. The van der Waals surface area contributed by atoms with Gasteiger partial charge in [-0.15, -0.1) is 0 Å². The second-order valence-corrected chi connectivity index (χ2v) is 6.70. The lowest BCUT2D eigenvalue weighted by atomic mass is 9.77. The van der Waals surface area contributed by atoms with Crippen molar-refractivity contribution < 1.29 is 18.3 Å². The van der Waals surface area contributed by atoms with E-state index >= 15 is 0 Å². The molecule has 1 amide bonds. The molecular weight excluding hydrogens is 266 g/mol. The normalized spacial score (nSPS) is 19.5. The van der Waals surface area contributed by atoms with E-state index in [4.69, 9.17) is 10.5 Å². The molecule has 0 atom stereocenters. The summed E-state index contributed by atoms with van der Waals surface area (Å²) in [4.78, 5) is 11.9. The van der Waals surface area contributed by atoms with Crippen LogP contribution in [0.25, 0.3) is 0 Å². The lowest BCUT2D eigenvalue weighted by Crippen LogP contribution is -2.54. The molecule has 1 aliphatic rings. The van der Waals surface area contributed by atoms with E-state index in [1.807, 2.05) is 0 Å². The minimum absolute atomic E-state index is 0.421. The van der Waals surface area contributed by atoms with Crippen molar-refractivity contribution in [2.24, 2.45) is 5.73 Å². The van der Waals surface area contributed by atoms with Gasteiger partial charge in [-0.1, -0.05) is 19.3 Å². The number of alkyl halides is 2. The van der Waals surface area contributed by atoms with Crippen LogP contribution in [-0.4, -0.2) is 29.7 Å². The molecule has 6 heteroatoms. The van der Waals surface area contributed by atoms with Crippen LogP contribution in [0.15, 0.2) is 0 Å². The molecule has 0 aromatic carbocycles. The van der Waals surface area contributed by atoms with Crippen LogP contribution in [0.1, 0.15) is 59.3 Å². The minimum Gasteiger partial charge on any atom is -0.444 e. The van der Waals surface area contributed by atoms with Crippen molar-refractivity contribution in [2.75, 3.05) is 6.54 Å². The lowest BCUT2D eigenvalue weighted by Gasteiger charge is -2.40. The number of hydrogen-bond acceptors (Lipinski definition) is 3. The first-order chi connectivity index (χ1) is 9.08.